The SMILES string of the molecule is CCCc1c(O)c(O)c(F)c(F)c1CCC. The van der Waals surface area contributed by atoms with Crippen LogP contribution in [0.5, 0.6) is 11.5 Å². The van der Waals surface area contributed by atoms with Crippen LogP contribution in [0.2, 0.25) is 0 Å². The summed E-state index contributed by atoms with van der Waals surface area (Å²) in [5.74, 6) is -3.91. The summed E-state index contributed by atoms with van der Waals surface area (Å²) < 4.78 is 26.8. The van der Waals surface area contributed by atoms with Gasteiger partial charge in [0.05, 0.1) is 0 Å². The van der Waals surface area contributed by atoms with Crippen LogP contribution in [0, 0.1) is 11.6 Å². The number of phenols is 2. The van der Waals surface area contributed by atoms with Gasteiger partial charge >= 0.3 is 0 Å². The average Bonchev–Trinajstić information content (AvgIpc) is 2.28. The second-order valence-electron chi connectivity index (χ2n) is 3.78. The van der Waals surface area contributed by atoms with E-state index in [1.54, 1.807) is 0 Å². The highest BCUT2D eigenvalue weighted by Gasteiger charge is 2.22. The van der Waals surface area contributed by atoms with Crippen molar-refractivity contribution < 1.29 is 19.0 Å². The molecule has 16 heavy (non-hydrogen) atoms. The highest BCUT2D eigenvalue weighted by Crippen LogP contribution is 2.37. The number of hydrogen-bond acceptors (Lipinski definition) is 2. The average molecular weight is 230 g/mol. The van der Waals surface area contributed by atoms with Crippen molar-refractivity contribution in [1.29, 1.82) is 0 Å². The molecule has 0 aliphatic rings. The Morgan fingerprint density at radius 2 is 1.31 bits per heavy atom. The first kappa shape index (κ1) is 12.7. The molecule has 1 aromatic carbocycles. The van der Waals surface area contributed by atoms with Gasteiger partial charge in [-0.2, -0.15) is 4.39 Å². The van der Waals surface area contributed by atoms with Crippen molar-refractivity contribution in [3.63, 3.8) is 0 Å². The number of phenolic OH excluding ortho intramolecular Hbond substituents is 2. The van der Waals surface area contributed by atoms with E-state index in [-0.39, 0.29) is 5.56 Å². The van der Waals surface area contributed by atoms with E-state index in [1.165, 1.54) is 0 Å². The number of benzene rings is 1. The van der Waals surface area contributed by atoms with Gasteiger partial charge in [0.25, 0.3) is 0 Å². The van der Waals surface area contributed by atoms with E-state index in [1.807, 2.05) is 13.8 Å². The van der Waals surface area contributed by atoms with Crippen LogP contribution in [0.25, 0.3) is 0 Å². The van der Waals surface area contributed by atoms with Gasteiger partial charge in [-0.1, -0.05) is 26.7 Å². The van der Waals surface area contributed by atoms with Crippen LogP contribution in [-0.4, -0.2) is 10.2 Å². The highest BCUT2D eigenvalue weighted by molar-refractivity contribution is 5.51. The molecule has 0 aromatic heterocycles. The molecule has 0 fully saturated rings. The van der Waals surface area contributed by atoms with Crippen LogP contribution in [0.3, 0.4) is 0 Å². The monoisotopic (exact) mass is 230 g/mol. The third kappa shape index (κ3) is 2.10. The van der Waals surface area contributed by atoms with E-state index >= 15 is 0 Å². The van der Waals surface area contributed by atoms with Crippen LogP contribution in [0.15, 0.2) is 0 Å². The molecule has 0 bridgehead atoms. The summed E-state index contributed by atoms with van der Waals surface area (Å²) >= 11 is 0. The van der Waals surface area contributed by atoms with Gasteiger partial charge in [0, 0.05) is 5.56 Å². The molecule has 0 spiro atoms. The van der Waals surface area contributed by atoms with E-state index in [4.69, 9.17) is 0 Å². The first-order valence-corrected chi connectivity index (χ1v) is 5.45. The molecule has 0 aliphatic carbocycles. The molecule has 1 aromatic rings. The van der Waals surface area contributed by atoms with Crippen LogP contribution in [0.1, 0.15) is 37.8 Å². The number of rotatable bonds is 4. The van der Waals surface area contributed by atoms with Crippen LogP contribution in [0.4, 0.5) is 8.78 Å². The summed E-state index contributed by atoms with van der Waals surface area (Å²) in [5.41, 5.74) is 0.498. The predicted octanol–water partition coefficient (Wildman–Crippen LogP) is 3.28. The Morgan fingerprint density at radius 1 is 0.812 bits per heavy atom. The molecule has 0 amide bonds. The molecule has 0 saturated heterocycles. The zero-order valence-electron chi connectivity index (χ0n) is 9.48. The van der Waals surface area contributed by atoms with Gasteiger partial charge in [-0.05, 0) is 18.4 Å². The zero-order chi connectivity index (χ0) is 12.3. The topological polar surface area (TPSA) is 40.5 Å². The van der Waals surface area contributed by atoms with Crippen molar-refractivity contribution in [2.75, 3.05) is 0 Å². The first-order valence-electron chi connectivity index (χ1n) is 5.45. The van der Waals surface area contributed by atoms with Crippen molar-refractivity contribution in [2.45, 2.75) is 39.5 Å². The van der Waals surface area contributed by atoms with Crippen LogP contribution >= 0.6 is 0 Å². The molecule has 0 radical (unpaired) electrons. The van der Waals surface area contributed by atoms with Gasteiger partial charge in [-0.15, -0.1) is 0 Å². The lowest BCUT2D eigenvalue weighted by molar-refractivity contribution is 0.357. The zero-order valence-corrected chi connectivity index (χ0v) is 9.48. The van der Waals surface area contributed by atoms with E-state index < -0.39 is 23.1 Å². The normalized spacial score (nSPS) is 10.8. The maximum absolute atomic E-state index is 13.6. The Bertz CT molecular complexity index is 352. The Labute approximate surface area is 93.5 Å². The molecule has 90 valence electrons. The fraction of sp³-hybridized carbons (Fsp3) is 0.500. The fourth-order valence-corrected chi connectivity index (χ4v) is 1.79. The molecule has 0 saturated carbocycles. The summed E-state index contributed by atoms with van der Waals surface area (Å²) in [7, 11) is 0. The maximum atomic E-state index is 13.6. The third-order valence-corrected chi connectivity index (χ3v) is 2.54. The summed E-state index contributed by atoms with van der Waals surface area (Å²) in [4.78, 5) is 0. The van der Waals surface area contributed by atoms with Gasteiger partial charge in [0.15, 0.2) is 17.3 Å². The molecular weight excluding hydrogens is 214 g/mol. The minimum absolute atomic E-state index is 0.178. The van der Waals surface area contributed by atoms with E-state index in [2.05, 4.69) is 0 Å². The molecule has 1 rings (SSSR count). The predicted molar refractivity (Wildman–Crippen MR) is 57.7 cm³/mol. The van der Waals surface area contributed by atoms with Crippen molar-refractivity contribution in [3.05, 3.63) is 22.8 Å². The van der Waals surface area contributed by atoms with Crippen molar-refractivity contribution >= 4 is 0 Å². The minimum Gasteiger partial charge on any atom is -0.504 e. The van der Waals surface area contributed by atoms with Gasteiger partial charge < -0.3 is 10.2 Å². The Kier molecular flexibility index (Phi) is 4.10. The maximum Gasteiger partial charge on any atom is 0.204 e. The quantitative estimate of drug-likeness (QED) is 0.779. The second-order valence-corrected chi connectivity index (χ2v) is 3.78. The summed E-state index contributed by atoms with van der Waals surface area (Å²) in [6.45, 7) is 3.71. The highest BCUT2D eigenvalue weighted by atomic mass is 19.2. The smallest absolute Gasteiger partial charge is 0.204 e. The Balaban J connectivity index is 3.42. The number of halogens is 2. The van der Waals surface area contributed by atoms with E-state index in [0.29, 0.717) is 31.2 Å². The third-order valence-electron chi connectivity index (χ3n) is 2.54. The first-order chi connectivity index (χ1) is 7.54. The number of aromatic hydroxyl groups is 2. The van der Waals surface area contributed by atoms with Crippen molar-refractivity contribution in [2.24, 2.45) is 0 Å². The summed E-state index contributed by atoms with van der Waals surface area (Å²) in [5, 5.41) is 18.8. The lowest BCUT2D eigenvalue weighted by Crippen LogP contribution is -2.02. The molecule has 0 unspecified atom stereocenters. The van der Waals surface area contributed by atoms with Gasteiger partial charge in [-0.3, -0.25) is 0 Å². The van der Waals surface area contributed by atoms with Gasteiger partial charge in [-0.25, -0.2) is 4.39 Å². The molecule has 2 nitrogen and oxygen atoms in total. The lowest BCUT2D eigenvalue weighted by Gasteiger charge is -2.13. The van der Waals surface area contributed by atoms with E-state index in [9.17, 15) is 19.0 Å². The fourth-order valence-electron chi connectivity index (χ4n) is 1.79. The molecule has 0 heterocycles. The van der Waals surface area contributed by atoms with Crippen molar-refractivity contribution in [1.82, 2.24) is 0 Å². The van der Waals surface area contributed by atoms with E-state index in [0.717, 1.165) is 0 Å². The summed E-state index contributed by atoms with van der Waals surface area (Å²) in [6.07, 6.45) is 2.12. The van der Waals surface area contributed by atoms with Gasteiger partial charge in [0.2, 0.25) is 5.82 Å². The standard InChI is InChI=1S/C12H16F2O2/c1-3-5-7-8(6-4-2)11(15)12(16)10(14)9(7)13/h15-16H,3-6H2,1-2H3. The largest absolute Gasteiger partial charge is 0.504 e. The lowest BCUT2D eigenvalue weighted by atomic mass is 9.97. The molecule has 2 N–H and O–H groups in total. The molecule has 0 atom stereocenters. The minimum atomic E-state index is -1.36. The molecular formula is C12H16F2O2. The molecule has 0 aliphatic heterocycles. The van der Waals surface area contributed by atoms with Gasteiger partial charge in [0.1, 0.15) is 0 Å². The Hall–Kier alpha value is -1.32. The second kappa shape index (κ2) is 5.14. The van der Waals surface area contributed by atoms with Crippen LogP contribution in [-0.2, 0) is 12.8 Å². The summed E-state index contributed by atoms with van der Waals surface area (Å²) in [6, 6.07) is 0. The number of hydrogen-bond donors (Lipinski definition) is 2. The van der Waals surface area contributed by atoms with Crippen molar-refractivity contribution in [3.8, 4) is 11.5 Å². The Morgan fingerprint density at radius 3 is 1.81 bits per heavy atom. The van der Waals surface area contributed by atoms with Crippen LogP contribution < -0.4 is 0 Å². The molecule has 4 heteroatoms.